The Morgan fingerprint density at radius 1 is 1.25 bits per heavy atom. The molecular formula is C14H16N4O2. The third-order valence-electron chi connectivity index (χ3n) is 2.93. The van der Waals surface area contributed by atoms with E-state index in [9.17, 15) is 9.59 Å². The van der Waals surface area contributed by atoms with Gasteiger partial charge in [0.15, 0.2) is 0 Å². The Morgan fingerprint density at radius 2 is 2.00 bits per heavy atom. The number of nitrogens with zero attached hydrogens (tertiary/aromatic N) is 2. The largest absolute Gasteiger partial charge is 0.350 e. The number of benzene rings is 1. The van der Waals surface area contributed by atoms with Crippen molar-refractivity contribution in [3.8, 4) is 0 Å². The molecule has 0 spiro atoms. The summed E-state index contributed by atoms with van der Waals surface area (Å²) >= 11 is 0. The van der Waals surface area contributed by atoms with Gasteiger partial charge in [0.2, 0.25) is 5.91 Å². The van der Waals surface area contributed by atoms with Gasteiger partial charge in [0.1, 0.15) is 0 Å². The zero-order valence-corrected chi connectivity index (χ0v) is 11.2. The van der Waals surface area contributed by atoms with E-state index in [1.807, 2.05) is 30.3 Å². The highest BCUT2D eigenvalue weighted by Gasteiger charge is 2.08. The Bertz CT molecular complexity index is 673. The van der Waals surface area contributed by atoms with Crippen LogP contribution in [0.4, 0.5) is 4.79 Å². The lowest BCUT2D eigenvalue weighted by Gasteiger charge is -2.04. The molecule has 6 heteroatoms. The molecule has 104 valence electrons. The number of hydrogen-bond donors (Lipinski definition) is 2. The number of fused-ring (bicyclic) bond motifs is 1. The molecule has 0 saturated carbocycles. The molecule has 0 fully saturated rings. The van der Waals surface area contributed by atoms with Gasteiger partial charge in [0.25, 0.3) is 0 Å². The van der Waals surface area contributed by atoms with Crippen LogP contribution in [0.2, 0.25) is 0 Å². The summed E-state index contributed by atoms with van der Waals surface area (Å²) in [6.45, 7) is 1.73. The Balaban J connectivity index is 2.02. The molecule has 0 aliphatic carbocycles. The topological polar surface area (TPSA) is 89.5 Å². The number of carbonyl (C=O) groups is 2. The normalized spacial score (nSPS) is 11.6. The number of para-hydroxylation sites is 1. The highest BCUT2D eigenvalue weighted by Crippen LogP contribution is 2.15. The Kier molecular flexibility index (Phi) is 4.14. The van der Waals surface area contributed by atoms with E-state index in [0.717, 1.165) is 10.9 Å². The molecule has 0 saturated heterocycles. The first-order valence-electron chi connectivity index (χ1n) is 6.26. The van der Waals surface area contributed by atoms with Crippen molar-refractivity contribution in [2.24, 2.45) is 10.8 Å². The molecule has 1 aromatic carbocycles. The zero-order valence-electron chi connectivity index (χ0n) is 11.2. The molecule has 0 atom stereocenters. The van der Waals surface area contributed by atoms with Crippen LogP contribution in [0.1, 0.15) is 24.6 Å². The Hall–Kier alpha value is -2.63. The van der Waals surface area contributed by atoms with E-state index in [4.69, 9.17) is 5.73 Å². The third-order valence-corrected chi connectivity index (χ3v) is 2.93. The van der Waals surface area contributed by atoms with Crippen LogP contribution < -0.4 is 11.2 Å². The van der Waals surface area contributed by atoms with Crippen LogP contribution in [0.25, 0.3) is 10.9 Å². The van der Waals surface area contributed by atoms with Crippen LogP contribution in [-0.2, 0) is 0 Å². The summed E-state index contributed by atoms with van der Waals surface area (Å²) in [5, 5.41) is 4.80. The van der Waals surface area contributed by atoms with Crippen molar-refractivity contribution in [3.63, 3.8) is 0 Å². The van der Waals surface area contributed by atoms with Gasteiger partial charge < -0.3 is 5.73 Å². The molecule has 2 amide bonds. The van der Waals surface area contributed by atoms with Crippen molar-refractivity contribution in [3.05, 3.63) is 36.5 Å². The molecule has 2 aromatic rings. The van der Waals surface area contributed by atoms with E-state index >= 15 is 0 Å². The minimum absolute atomic E-state index is 0.0141. The second-order valence-electron chi connectivity index (χ2n) is 4.46. The van der Waals surface area contributed by atoms with Gasteiger partial charge in [-0.3, -0.25) is 9.36 Å². The summed E-state index contributed by atoms with van der Waals surface area (Å²) in [5.41, 5.74) is 8.59. The number of amides is 2. The maximum atomic E-state index is 12.2. The summed E-state index contributed by atoms with van der Waals surface area (Å²) in [6, 6.07) is 8.89. The van der Waals surface area contributed by atoms with Gasteiger partial charge in [0.05, 0.1) is 5.52 Å². The lowest BCUT2D eigenvalue weighted by Crippen LogP contribution is -2.25. The van der Waals surface area contributed by atoms with E-state index < -0.39 is 6.03 Å². The van der Waals surface area contributed by atoms with Crippen molar-refractivity contribution in [2.75, 3.05) is 0 Å². The first-order chi connectivity index (χ1) is 9.58. The molecule has 6 nitrogen and oxygen atoms in total. The zero-order chi connectivity index (χ0) is 14.5. The molecule has 1 heterocycles. The predicted molar refractivity (Wildman–Crippen MR) is 77.6 cm³/mol. The number of nitrogens with two attached hydrogens (primary N) is 1. The number of aromatic nitrogens is 1. The predicted octanol–water partition coefficient (Wildman–Crippen LogP) is 2.11. The van der Waals surface area contributed by atoms with Gasteiger partial charge in [-0.25, -0.2) is 10.2 Å². The van der Waals surface area contributed by atoms with Crippen LogP contribution in [0.15, 0.2) is 41.6 Å². The van der Waals surface area contributed by atoms with E-state index in [-0.39, 0.29) is 5.91 Å². The maximum absolute atomic E-state index is 12.2. The summed E-state index contributed by atoms with van der Waals surface area (Å²) in [4.78, 5) is 22.7. The summed E-state index contributed by atoms with van der Waals surface area (Å²) in [6.07, 6.45) is 2.54. The van der Waals surface area contributed by atoms with E-state index in [0.29, 0.717) is 18.6 Å². The minimum Gasteiger partial charge on any atom is -0.350 e. The molecule has 0 aliphatic rings. The average molecular weight is 272 g/mol. The number of rotatable bonds is 4. The molecule has 0 unspecified atom stereocenters. The summed E-state index contributed by atoms with van der Waals surface area (Å²) in [5.74, 6) is -0.0141. The van der Waals surface area contributed by atoms with Crippen molar-refractivity contribution in [2.45, 2.75) is 19.8 Å². The van der Waals surface area contributed by atoms with E-state index in [2.05, 4.69) is 10.5 Å². The van der Waals surface area contributed by atoms with Crippen molar-refractivity contribution < 1.29 is 9.59 Å². The second kappa shape index (κ2) is 6.01. The van der Waals surface area contributed by atoms with Crippen molar-refractivity contribution in [1.29, 1.82) is 0 Å². The monoisotopic (exact) mass is 272 g/mol. The van der Waals surface area contributed by atoms with Gasteiger partial charge in [-0.05, 0) is 25.5 Å². The number of hydrazone groups is 1. The molecule has 3 N–H and O–H groups in total. The number of carbonyl (C=O) groups excluding carboxylic acids is 2. The minimum atomic E-state index is -0.716. The molecule has 0 aliphatic heterocycles. The van der Waals surface area contributed by atoms with Gasteiger partial charge in [-0.2, -0.15) is 5.10 Å². The molecule has 2 rings (SSSR count). The first-order valence-corrected chi connectivity index (χ1v) is 6.26. The molecule has 0 bridgehead atoms. The van der Waals surface area contributed by atoms with Crippen LogP contribution >= 0.6 is 0 Å². The van der Waals surface area contributed by atoms with E-state index in [1.54, 1.807) is 17.7 Å². The fourth-order valence-corrected chi connectivity index (χ4v) is 1.92. The summed E-state index contributed by atoms with van der Waals surface area (Å²) < 4.78 is 1.63. The lowest BCUT2D eigenvalue weighted by molar-refractivity contribution is 0.0910. The fourth-order valence-electron chi connectivity index (χ4n) is 1.92. The second-order valence-corrected chi connectivity index (χ2v) is 4.46. The SMILES string of the molecule is CC(CCC(=O)n1ccc2ccccc21)=NNC(N)=O. The quantitative estimate of drug-likeness (QED) is 0.659. The number of urea groups is 1. The van der Waals surface area contributed by atoms with E-state index in [1.165, 1.54) is 0 Å². The number of nitrogens with one attached hydrogen (secondary N) is 1. The van der Waals surface area contributed by atoms with Crippen LogP contribution in [0.5, 0.6) is 0 Å². The molecule has 0 radical (unpaired) electrons. The highest BCUT2D eigenvalue weighted by atomic mass is 16.2. The lowest BCUT2D eigenvalue weighted by atomic mass is 10.2. The van der Waals surface area contributed by atoms with Gasteiger partial charge in [-0.15, -0.1) is 0 Å². The number of hydrogen-bond acceptors (Lipinski definition) is 3. The average Bonchev–Trinajstić information content (AvgIpc) is 2.86. The summed E-state index contributed by atoms with van der Waals surface area (Å²) in [7, 11) is 0. The maximum Gasteiger partial charge on any atom is 0.332 e. The van der Waals surface area contributed by atoms with Gasteiger partial charge in [-0.1, -0.05) is 18.2 Å². The van der Waals surface area contributed by atoms with Crippen LogP contribution in [0, 0.1) is 0 Å². The van der Waals surface area contributed by atoms with Gasteiger partial charge >= 0.3 is 6.03 Å². The molecule has 1 aromatic heterocycles. The number of primary amides is 1. The van der Waals surface area contributed by atoms with Crippen molar-refractivity contribution >= 4 is 28.6 Å². The Labute approximate surface area is 116 Å². The van der Waals surface area contributed by atoms with Crippen LogP contribution in [-0.4, -0.2) is 22.2 Å². The molecule has 20 heavy (non-hydrogen) atoms. The van der Waals surface area contributed by atoms with Gasteiger partial charge in [0, 0.05) is 23.7 Å². The smallest absolute Gasteiger partial charge is 0.332 e. The fraction of sp³-hybridized carbons (Fsp3) is 0.214. The standard InChI is InChI=1S/C14H16N4O2/c1-10(16-17-14(15)20)6-7-13(19)18-9-8-11-4-2-3-5-12(11)18/h2-5,8-9H,6-7H2,1H3,(H3,15,17,20). The third kappa shape index (κ3) is 3.23. The first kappa shape index (κ1) is 13.8. The highest BCUT2D eigenvalue weighted by molar-refractivity contribution is 5.94. The van der Waals surface area contributed by atoms with Crippen molar-refractivity contribution in [1.82, 2.24) is 9.99 Å². The van der Waals surface area contributed by atoms with Crippen LogP contribution in [0.3, 0.4) is 0 Å². The Morgan fingerprint density at radius 3 is 2.75 bits per heavy atom. The molecular weight excluding hydrogens is 256 g/mol.